The average molecular weight is 452 g/mol. The minimum absolute atomic E-state index is 0.0308. The van der Waals surface area contributed by atoms with Gasteiger partial charge in [-0.15, -0.1) is 13.2 Å². The van der Waals surface area contributed by atoms with Crippen molar-refractivity contribution in [2.75, 3.05) is 33.2 Å². The summed E-state index contributed by atoms with van der Waals surface area (Å²) in [5.41, 5.74) is 5.66. The number of likely N-dealkylation sites (tertiary alicyclic amines) is 2. The minimum atomic E-state index is -4.72. The van der Waals surface area contributed by atoms with Crippen molar-refractivity contribution in [3.63, 3.8) is 0 Å². The van der Waals surface area contributed by atoms with Crippen LogP contribution < -0.4 is 15.8 Å². The maximum Gasteiger partial charge on any atom is 0.573 e. The van der Waals surface area contributed by atoms with Crippen molar-refractivity contribution >= 4 is 12.2 Å². The molecule has 11 heteroatoms. The van der Waals surface area contributed by atoms with Crippen LogP contribution in [0.1, 0.15) is 24.3 Å². The Labute approximate surface area is 185 Å². The molecule has 2 atom stereocenters. The first-order valence-electron chi connectivity index (χ1n) is 10.1. The first-order chi connectivity index (χ1) is 15.3. The number of nitriles is 1. The SMILES string of the molecule is CN=C/C=C\N.N#CN1CCC(NC(=O)N2CCC(c3cccc(OC(F)(F)F)c3)C2)C1. The number of allylic oxidation sites excluding steroid dienone is 1. The van der Waals surface area contributed by atoms with Crippen molar-refractivity contribution < 1.29 is 22.7 Å². The van der Waals surface area contributed by atoms with Gasteiger partial charge in [0, 0.05) is 45.4 Å². The molecule has 0 saturated carbocycles. The molecular formula is C21H27F3N6O2. The Morgan fingerprint density at radius 2 is 2.12 bits per heavy atom. The van der Waals surface area contributed by atoms with Gasteiger partial charge in [0.15, 0.2) is 6.19 Å². The highest BCUT2D eigenvalue weighted by Crippen LogP contribution is 2.31. The summed E-state index contributed by atoms with van der Waals surface area (Å²) in [6, 6.07) is 5.66. The Hall–Kier alpha value is -3.42. The Bertz CT molecular complexity index is 843. The van der Waals surface area contributed by atoms with Crippen molar-refractivity contribution in [3.8, 4) is 11.9 Å². The fourth-order valence-corrected chi connectivity index (χ4v) is 3.55. The van der Waals surface area contributed by atoms with Crippen LogP contribution in [-0.4, -0.2) is 67.7 Å². The van der Waals surface area contributed by atoms with Gasteiger partial charge in [-0.3, -0.25) is 4.99 Å². The molecule has 2 unspecified atom stereocenters. The molecule has 0 bridgehead atoms. The standard InChI is InChI=1S/C17H19F3N4O2.C4H8N2/c18-17(19,20)26-15-3-1-2-12(8-15)13-4-7-24(9-13)16(25)22-14-5-6-23(10-14)11-21;1-6-4-2-3-5/h1-3,8,13-14H,4-7,9-10H2,(H,22,25);2-4H,5H2,1H3/b;3-2-,6-4?. The van der Waals surface area contributed by atoms with Gasteiger partial charge in [0.05, 0.1) is 6.04 Å². The van der Waals surface area contributed by atoms with Gasteiger partial charge in [-0.1, -0.05) is 12.1 Å². The Morgan fingerprint density at radius 1 is 1.34 bits per heavy atom. The molecule has 2 fully saturated rings. The summed E-state index contributed by atoms with van der Waals surface area (Å²) in [4.78, 5) is 19.3. The predicted molar refractivity (Wildman–Crippen MR) is 114 cm³/mol. The zero-order chi connectivity index (χ0) is 23.6. The van der Waals surface area contributed by atoms with Crippen LogP contribution in [0.5, 0.6) is 5.75 Å². The Morgan fingerprint density at radius 3 is 2.72 bits per heavy atom. The number of urea groups is 1. The molecule has 3 rings (SSSR count). The lowest BCUT2D eigenvalue weighted by molar-refractivity contribution is -0.274. The van der Waals surface area contributed by atoms with E-state index >= 15 is 0 Å². The number of hydrogen-bond acceptors (Lipinski definition) is 6. The van der Waals surface area contributed by atoms with Gasteiger partial charge in [-0.05, 0) is 42.8 Å². The molecule has 0 aromatic heterocycles. The van der Waals surface area contributed by atoms with Crippen molar-refractivity contribution in [3.05, 3.63) is 42.1 Å². The van der Waals surface area contributed by atoms with Gasteiger partial charge in [0.25, 0.3) is 0 Å². The van der Waals surface area contributed by atoms with Crippen molar-refractivity contribution in [1.29, 1.82) is 5.26 Å². The fourth-order valence-electron chi connectivity index (χ4n) is 3.55. The molecule has 2 heterocycles. The van der Waals surface area contributed by atoms with Gasteiger partial charge >= 0.3 is 12.4 Å². The number of ether oxygens (including phenoxy) is 1. The number of aliphatic imine (C=N–C) groups is 1. The number of benzene rings is 1. The van der Waals surface area contributed by atoms with E-state index in [1.165, 1.54) is 24.4 Å². The second kappa shape index (κ2) is 11.8. The lowest BCUT2D eigenvalue weighted by Gasteiger charge is -2.20. The van der Waals surface area contributed by atoms with Crippen LogP contribution in [0.15, 0.2) is 41.5 Å². The Kier molecular flexibility index (Phi) is 9.19. The van der Waals surface area contributed by atoms with E-state index in [9.17, 15) is 18.0 Å². The number of nitrogens with one attached hydrogen (secondary N) is 1. The van der Waals surface area contributed by atoms with Crippen molar-refractivity contribution in [2.24, 2.45) is 10.7 Å². The highest BCUT2D eigenvalue weighted by atomic mass is 19.4. The normalized spacial score (nSPS) is 20.8. The molecule has 0 aliphatic carbocycles. The number of nitrogens with zero attached hydrogens (tertiary/aromatic N) is 4. The molecule has 0 spiro atoms. The monoisotopic (exact) mass is 452 g/mol. The number of amides is 2. The number of carbonyl (C=O) groups is 1. The van der Waals surface area contributed by atoms with Gasteiger partial charge < -0.3 is 25.6 Å². The molecule has 32 heavy (non-hydrogen) atoms. The minimum Gasteiger partial charge on any atom is -0.406 e. The lowest BCUT2D eigenvalue weighted by Crippen LogP contribution is -2.44. The van der Waals surface area contributed by atoms with Crippen LogP contribution in [0.25, 0.3) is 0 Å². The quantitative estimate of drug-likeness (QED) is 0.540. The lowest BCUT2D eigenvalue weighted by atomic mass is 9.98. The molecule has 1 aromatic rings. The van der Waals surface area contributed by atoms with Crippen LogP contribution in [0, 0.1) is 11.5 Å². The van der Waals surface area contributed by atoms with Crippen molar-refractivity contribution in [2.45, 2.75) is 31.2 Å². The molecule has 3 N–H and O–H groups in total. The number of rotatable bonds is 4. The largest absolute Gasteiger partial charge is 0.573 e. The fraction of sp³-hybridized carbons (Fsp3) is 0.476. The van der Waals surface area contributed by atoms with E-state index in [-0.39, 0.29) is 23.7 Å². The first-order valence-corrected chi connectivity index (χ1v) is 10.1. The third-order valence-corrected chi connectivity index (χ3v) is 5.04. The summed E-state index contributed by atoms with van der Waals surface area (Å²) in [7, 11) is 1.69. The third-order valence-electron chi connectivity index (χ3n) is 5.04. The highest BCUT2D eigenvalue weighted by molar-refractivity contribution is 5.75. The zero-order valence-corrected chi connectivity index (χ0v) is 17.8. The smallest absolute Gasteiger partial charge is 0.406 e. The van der Waals surface area contributed by atoms with Crippen LogP contribution in [-0.2, 0) is 0 Å². The zero-order valence-electron chi connectivity index (χ0n) is 17.8. The van der Waals surface area contributed by atoms with E-state index in [2.05, 4.69) is 21.2 Å². The van der Waals surface area contributed by atoms with Gasteiger partial charge in [0.2, 0.25) is 0 Å². The van der Waals surface area contributed by atoms with Gasteiger partial charge in [0.1, 0.15) is 5.75 Å². The highest BCUT2D eigenvalue weighted by Gasteiger charge is 2.33. The van der Waals surface area contributed by atoms with E-state index < -0.39 is 6.36 Å². The molecule has 0 radical (unpaired) electrons. The molecule has 1 aromatic carbocycles. The van der Waals surface area contributed by atoms with Gasteiger partial charge in [-0.2, -0.15) is 5.26 Å². The number of halogens is 3. The van der Waals surface area contributed by atoms with Crippen LogP contribution in [0.3, 0.4) is 0 Å². The predicted octanol–water partition coefficient (Wildman–Crippen LogP) is 2.80. The number of nitrogens with two attached hydrogens (primary N) is 1. The number of hydrogen-bond donors (Lipinski definition) is 2. The summed E-state index contributed by atoms with van der Waals surface area (Å²) in [5.74, 6) is -0.280. The summed E-state index contributed by atoms with van der Waals surface area (Å²) in [5, 5.41) is 11.8. The molecule has 174 valence electrons. The van der Waals surface area contributed by atoms with Crippen LogP contribution >= 0.6 is 0 Å². The third kappa shape index (κ3) is 8.02. The van der Waals surface area contributed by atoms with Gasteiger partial charge in [-0.25, -0.2) is 4.79 Å². The molecule has 8 nitrogen and oxygen atoms in total. The molecule has 2 aliphatic heterocycles. The Balaban J connectivity index is 0.000000534. The molecule has 2 amide bonds. The second-order valence-corrected chi connectivity index (χ2v) is 7.33. The first kappa shape index (κ1) is 24.8. The maximum absolute atomic E-state index is 12.4. The average Bonchev–Trinajstić information content (AvgIpc) is 3.41. The number of alkyl halides is 3. The van der Waals surface area contributed by atoms with E-state index in [1.807, 2.05) is 0 Å². The van der Waals surface area contributed by atoms with E-state index in [0.29, 0.717) is 32.6 Å². The molecule has 2 aliphatic rings. The van der Waals surface area contributed by atoms with Crippen LogP contribution in [0.2, 0.25) is 0 Å². The maximum atomic E-state index is 12.4. The topological polar surface area (TPSA) is 107 Å². The molecule has 2 saturated heterocycles. The summed E-state index contributed by atoms with van der Waals surface area (Å²) < 4.78 is 41.0. The van der Waals surface area contributed by atoms with E-state index in [1.54, 1.807) is 35.2 Å². The van der Waals surface area contributed by atoms with Crippen molar-refractivity contribution in [1.82, 2.24) is 15.1 Å². The number of carbonyl (C=O) groups excluding carboxylic acids is 1. The second-order valence-electron chi connectivity index (χ2n) is 7.33. The van der Waals surface area contributed by atoms with E-state index in [4.69, 9.17) is 11.0 Å². The summed E-state index contributed by atoms with van der Waals surface area (Å²) in [6.45, 7) is 2.12. The van der Waals surface area contributed by atoms with Crippen LogP contribution in [0.4, 0.5) is 18.0 Å². The van der Waals surface area contributed by atoms with E-state index in [0.717, 1.165) is 12.0 Å². The summed E-state index contributed by atoms with van der Waals surface area (Å²) in [6.07, 6.45) is 3.48. The summed E-state index contributed by atoms with van der Waals surface area (Å²) >= 11 is 0. The molecular weight excluding hydrogens is 425 g/mol.